The summed E-state index contributed by atoms with van der Waals surface area (Å²) < 4.78 is 0. The normalized spacial score (nSPS) is 32.0. The third kappa shape index (κ3) is 5.54. The number of hydrogen-bond donors (Lipinski definition) is 2. The Balaban J connectivity index is 1.90. The summed E-state index contributed by atoms with van der Waals surface area (Å²) in [6.45, 7) is 7.10. The minimum absolute atomic E-state index is 0.647. The van der Waals surface area contributed by atoms with Crippen molar-refractivity contribution >= 4 is 0 Å². The number of nitrogens with one attached hydrogen (secondary N) is 2. The molecule has 1 aliphatic carbocycles. The smallest absolute Gasteiger partial charge is 0.0199 e. The predicted octanol–water partition coefficient (Wildman–Crippen LogP) is 2.86. The molecule has 0 bridgehead atoms. The Labute approximate surface area is 132 Å². The summed E-state index contributed by atoms with van der Waals surface area (Å²) in [7, 11) is 4.40. The molecule has 1 saturated carbocycles. The molecule has 0 aromatic carbocycles. The first-order valence-corrected chi connectivity index (χ1v) is 9.20. The van der Waals surface area contributed by atoms with E-state index in [1.165, 1.54) is 58.0 Å². The maximum absolute atomic E-state index is 4.04. The van der Waals surface area contributed by atoms with Crippen molar-refractivity contribution in [2.45, 2.75) is 76.9 Å². The van der Waals surface area contributed by atoms with Gasteiger partial charge in [-0.3, -0.25) is 0 Å². The molecule has 0 aromatic rings. The largest absolute Gasteiger partial charge is 0.314 e. The number of likely N-dealkylation sites (N-methyl/N-ethyl adjacent to an activating group) is 1. The summed E-state index contributed by atoms with van der Waals surface area (Å²) in [5.41, 5.74) is 0. The standard InChI is InChI=1S/C18H37N3/c1-14(2)12-15(13-21(3)4)20-18-10-7-8-16(18)17-9-5-6-11-19-17/h14-20H,5-13H2,1-4H3. The van der Waals surface area contributed by atoms with E-state index >= 15 is 0 Å². The van der Waals surface area contributed by atoms with Crippen molar-refractivity contribution in [2.24, 2.45) is 11.8 Å². The molecule has 0 radical (unpaired) electrons. The third-order valence-electron chi connectivity index (χ3n) is 5.23. The van der Waals surface area contributed by atoms with Crippen LogP contribution in [0.5, 0.6) is 0 Å². The first-order chi connectivity index (χ1) is 10.1. The highest BCUT2D eigenvalue weighted by Crippen LogP contribution is 2.32. The molecule has 2 N–H and O–H groups in total. The molecule has 1 saturated heterocycles. The van der Waals surface area contributed by atoms with Gasteiger partial charge in [-0.15, -0.1) is 0 Å². The fourth-order valence-corrected chi connectivity index (χ4v) is 4.43. The van der Waals surface area contributed by atoms with Gasteiger partial charge in [0.2, 0.25) is 0 Å². The van der Waals surface area contributed by atoms with Gasteiger partial charge in [-0.25, -0.2) is 0 Å². The van der Waals surface area contributed by atoms with Crippen LogP contribution in [0.1, 0.15) is 58.8 Å². The highest BCUT2D eigenvalue weighted by molar-refractivity contribution is 4.94. The summed E-state index contributed by atoms with van der Waals surface area (Å²) in [5.74, 6) is 1.64. The van der Waals surface area contributed by atoms with Gasteiger partial charge in [-0.1, -0.05) is 26.7 Å². The van der Waals surface area contributed by atoms with Crippen molar-refractivity contribution in [3.8, 4) is 0 Å². The Bertz CT molecular complexity index is 274. The van der Waals surface area contributed by atoms with Crippen LogP contribution in [-0.4, -0.2) is 50.2 Å². The lowest BCUT2D eigenvalue weighted by atomic mass is 9.87. The average molecular weight is 296 g/mol. The summed E-state index contributed by atoms with van der Waals surface area (Å²) in [4.78, 5) is 2.34. The minimum atomic E-state index is 0.647. The Morgan fingerprint density at radius 1 is 1.10 bits per heavy atom. The molecule has 1 aliphatic heterocycles. The lowest BCUT2D eigenvalue weighted by Crippen LogP contribution is -2.51. The van der Waals surface area contributed by atoms with Gasteiger partial charge in [0.05, 0.1) is 0 Å². The van der Waals surface area contributed by atoms with Crippen LogP contribution < -0.4 is 10.6 Å². The van der Waals surface area contributed by atoms with Crippen molar-refractivity contribution in [1.82, 2.24) is 15.5 Å². The highest BCUT2D eigenvalue weighted by Gasteiger charge is 2.35. The second-order valence-corrected chi connectivity index (χ2v) is 8.01. The zero-order chi connectivity index (χ0) is 15.2. The Kier molecular flexibility index (Phi) is 6.97. The van der Waals surface area contributed by atoms with Crippen LogP contribution in [0.3, 0.4) is 0 Å². The molecule has 2 aliphatic rings. The first-order valence-electron chi connectivity index (χ1n) is 9.20. The zero-order valence-corrected chi connectivity index (χ0v) is 14.7. The molecule has 0 aromatic heterocycles. The molecular weight excluding hydrogens is 258 g/mol. The van der Waals surface area contributed by atoms with E-state index in [4.69, 9.17) is 0 Å². The quantitative estimate of drug-likeness (QED) is 0.756. The second kappa shape index (κ2) is 8.50. The van der Waals surface area contributed by atoms with Crippen molar-refractivity contribution < 1.29 is 0 Å². The van der Waals surface area contributed by atoms with Crippen molar-refractivity contribution in [1.29, 1.82) is 0 Å². The number of piperidine rings is 1. The lowest BCUT2D eigenvalue weighted by Gasteiger charge is -2.36. The van der Waals surface area contributed by atoms with E-state index in [0.717, 1.165) is 23.9 Å². The molecule has 3 heteroatoms. The molecule has 2 rings (SSSR count). The first kappa shape index (κ1) is 17.2. The molecule has 2 fully saturated rings. The fraction of sp³-hybridized carbons (Fsp3) is 1.00. The number of hydrogen-bond acceptors (Lipinski definition) is 3. The topological polar surface area (TPSA) is 27.3 Å². The van der Waals surface area contributed by atoms with Crippen LogP contribution >= 0.6 is 0 Å². The molecule has 0 amide bonds. The monoisotopic (exact) mass is 295 g/mol. The zero-order valence-electron chi connectivity index (χ0n) is 14.7. The Hall–Kier alpha value is -0.120. The summed E-state index contributed by atoms with van der Waals surface area (Å²) in [5, 5.41) is 7.84. The maximum Gasteiger partial charge on any atom is 0.0199 e. The molecule has 4 atom stereocenters. The Morgan fingerprint density at radius 3 is 2.52 bits per heavy atom. The van der Waals surface area contributed by atoms with Gasteiger partial charge < -0.3 is 15.5 Å². The average Bonchev–Trinajstić information content (AvgIpc) is 2.86. The molecule has 124 valence electrons. The van der Waals surface area contributed by atoms with Gasteiger partial charge in [-0.2, -0.15) is 0 Å². The van der Waals surface area contributed by atoms with Gasteiger partial charge in [-0.05, 0) is 64.6 Å². The van der Waals surface area contributed by atoms with Crippen LogP contribution in [0.4, 0.5) is 0 Å². The van der Waals surface area contributed by atoms with Crippen molar-refractivity contribution in [3.63, 3.8) is 0 Å². The summed E-state index contributed by atoms with van der Waals surface area (Å²) in [6, 6.07) is 2.16. The van der Waals surface area contributed by atoms with E-state index in [0.29, 0.717) is 6.04 Å². The van der Waals surface area contributed by atoms with Crippen LogP contribution in [-0.2, 0) is 0 Å². The molecule has 21 heavy (non-hydrogen) atoms. The van der Waals surface area contributed by atoms with Gasteiger partial charge in [0.1, 0.15) is 0 Å². The van der Waals surface area contributed by atoms with Crippen LogP contribution in [0, 0.1) is 11.8 Å². The predicted molar refractivity (Wildman–Crippen MR) is 91.7 cm³/mol. The maximum atomic E-state index is 4.04. The van der Waals surface area contributed by atoms with Crippen molar-refractivity contribution in [3.05, 3.63) is 0 Å². The molecule has 0 spiro atoms. The van der Waals surface area contributed by atoms with E-state index in [1.807, 2.05) is 0 Å². The number of nitrogens with zero attached hydrogens (tertiary/aromatic N) is 1. The van der Waals surface area contributed by atoms with E-state index in [-0.39, 0.29) is 0 Å². The van der Waals surface area contributed by atoms with Crippen molar-refractivity contribution in [2.75, 3.05) is 27.2 Å². The van der Waals surface area contributed by atoms with Crippen LogP contribution in [0.15, 0.2) is 0 Å². The SMILES string of the molecule is CC(C)CC(CN(C)C)NC1CCCC1C1CCCCN1. The second-order valence-electron chi connectivity index (χ2n) is 8.01. The van der Waals surface area contributed by atoms with E-state index in [1.54, 1.807) is 0 Å². The highest BCUT2D eigenvalue weighted by atomic mass is 15.1. The summed E-state index contributed by atoms with van der Waals surface area (Å²) in [6.07, 6.45) is 9.70. The minimum Gasteiger partial charge on any atom is -0.314 e. The van der Waals surface area contributed by atoms with Crippen LogP contribution in [0.25, 0.3) is 0 Å². The van der Waals surface area contributed by atoms with E-state index in [9.17, 15) is 0 Å². The van der Waals surface area contributed by atoms with Gasteiger partial charge in [0, 0.05) is 24.7 Å². The Morgan fingerprint density at radius 2 is 1.90 bits per heavy atom. The van der Waals surface area contributed by atoms with Gasteiger partial charge in [0.15, 0.2) is 0 Å². The van der Waals surface area contributed by atoms with E-state index < -0.39 is 0 Å². The van der Waals surface area contributed by atoms with Gasteiger partial charge in [0.25, 0.3) is 0 Å². The number of rotatable bonds is 7. The molecular formula is C18H37N3. The fourth-order valence-electron chi connectivity index (χ4n) is 4.43. The lowest BCUT2D eigenvalue weighted by molar-refractivity contribution is 0.221. The van der Waals surface area contributed by atoms with Gasteiger partial charge >= 0.3 is 0 Å². The van der Waals surface area contributed by atoms with E-state index in [2.05, 4.69) is 43.5 Å². The summed E-state index contributed by atoms with van der Waals surface area (Å²) >= 11 is 0. The third-order valence-corrected chi connectivity index (χ3v) is 5.23. The van der Waals surface area contributed by atoms with Crippen LogP contribution in [0.2, 0.25) is 0 Å². The molecule has 4 unspecified atom stereocenters. The molecule has 1 heterocycles. The molecule has 3 nitrogen and oxygen atoms in total.